The average molecular weight is 295 g/mol. The monoisotopic (exact) mass is 294 g/mol. The molecule has 0 aliphatic rings. The molecule has 2 rings (SSSR count). The van der Waals surface area contributed by atoms with Gasteiger partial charge in [0, 0.05) is 0 Å². The Hall–Kier alpha value is -1.32. The lowest BCUT2D eigenvalue weighted by Crippen LogP contribution is -2.02. The number of hydrogen-bond acceptors (Lipinski definition) is 2. The molecule has 2 nitrogen and oxygen atoms in total. The Labute approximate surface area is 119 Å². The Balaban J connectivity index is 2.37. The summed E-state index contributed by atoms with van der Waals surface area (Å²) in [5.74, 6) is 0. The summed E-state index contributed by atoms with van der Waals surface area (Å²) >= 11 is 6.12. The van der Waals surface area contributed by atoms with Crippen molar-refractivity contribution < 1.29 is 8.42 Å². The van der Waals surface area contributed by atoms with Crippen LogP contribution in [0.15, 0.2) is 64.4 Å². The van der Waals surface area contributed by atoms with E-state index in [-0.39, 0.29) is 5.38 Å². The lowest BCUT2D eigenvalue weighted by Gasteiger charge is -2.08. The summed E-state index contributed by atoms with van der Waals surface area (Å²) in [4.78, 5) is 0.600. The molecular formula is C15H15ClO2S. The molecule has 0 aromatic heterocycles. The number of hydrogen-bond donors (Lipinski definition) is 0. The van der Waals surface area contributed by atoms with E-state index in [1.54, 1.807) is 54.6 Å². The summed E-state index contributed by atoms with van der Waals surface area (Å²) in [5.41, 5.74) is 0.941. The van der Waals surface area contributed by atoms with Gasteiger partial charge in [-0.3, -0.25) is 0 Å². The summed E-state index contributed by atoms with van der Waals surface area (Å²) in [6.45, 7) is 1.99. The van der Waals surface area contributed by atoms with E-state index in [9.17, 15) is 8.42 Å². The van der Waals surface area contributed by atoms with E-state index < -0.39 is 9.84 Å². The van der Waals surface area contributed by atoms with Gasteiger partial charge >= 0.3 is 0 Å². The second-order valence-corrected chi connectivity index (χ2v) is 6.74. The van der Waals surface area contributed by atoms with Crippen LogP contribution in [0.1, 0.15) is 24.3 Å². The van der Waals surface area contributed by atoms with Crippen LogP contribution in [0.25, 0.3) is 0 Å². The van der Waals surface area contributed by atoms with Crippen molar-refractivity contribution >= 4 is 21.4 Å². The molecule has 0 saturated heterocycles. The fourth-order valence-electron chi connectivity index (χ4n) is 1.83. The molecule has 0 spiro atoms. The molecule has 1 atom stereocenters. The molecule has 19 heavy (non-hydrogen) atoms. The van der Waals surface area contributed by atoms with Gasteiger partial charge in [0.1, 0.15) is 0 Å². The lowest BCUT2D eigenvalue weighted by molar-refractivity contribution is 0.596. The molecule has 0 heterocycles. The van der Waals surface area contributed by atoms with Crippen molar-refractivity contribution in [2.75, 3.05) is 0 Å². The van der Waals surface area contributed by atoms with Crippen LogP contribution in [-0.4, -0.2) is 8.42 Å². The summed E-state index contributed by atoms with van der Waals surface area (Å²) in [6.07, 6.45) is 0.812. The predicted molar refractivity (Wildman–Crippen MR) is 77.2 cm³/mol. The highest BCUT2D eigenvalue weighted by Gasteiger charge is 2.17. The number of rotatable bonds is 4. The van der Waals surface area contributed by atoms with Gasteiger partial charge < -0.3 is 0 Å². The number of sulfone groups is 1. The molecule has 0 aliphatic heterocycles. The molecule has 0 aliphatic carbocycles. The highest BCUT2D eigenvalue weighted by atomic mass is 35.5. The van der Waals surface area contributed by atoms with Gasteiger partial charge in [-0.05, 0) is 36.2 Å². The lowest BCUT2D eigenvalue weighted by atomic mass is 10.1. The Bertz CT molecular complexity index is 634. The van der Waals surface area contributed by atoms with Gasteiger partial charge in [0.25, 0.3) is 0 Å². The van der Waals surface area contributed by atoms with E-state index in [2.05, 4.69) is 0 Å². The predicted octanol–water partition coefficient (Wildman–Crippen LogP) is 4.21. The third-order valence-corrected chi connectivity index (χ3v) is 5.31. The van der Waals surface area contributed by atoms with Gasteiger partial charge in [0.2, 0.25) is 9.84 Å². The zero-order valence-corrected chi connectivity index (χ0v) is 12.2. The van der Waals surface area contributed by atoms with Crippen molar-refractivity contribution in [2.45, 2.75) is 28.5 Å². The second kappa shape index (κ2) is 5.76. The average Bonchev–Trinajstić information content (AvgIpc) is 2.47. The Morgan fingerprint density at radius 1 is 0.947 bits per heavy atom. The summed E-state index contributed by atoms with van der Waals surface area (Å²) < 4.78 is 24.7. The van der Waals surface area contributed by atoms with Gasteiger partial charge in [0.15, 0.2) is 0 Å². The van der Waals surface area contributed by atoms with Crippen LogP contribution < -0.4 is 0 Å². The first-order valence-electron chi connectivity index (χ1n) is 6.10. The molecular weight excluding hydrogens is 280 g/mol. The van der Waals surface area contributed by atoms with E-state index >= 15 is 0 Å². The maximum atomic E-state index is 12.4. The Morgan fingerprint density at radius 3 is 2.00 bits per heavy atom. The van der Waals surface area contributed by atoms with E-state index in [1.165, 1.54) is 0 Å². The normalized spacial score (nSPS) is 13.2. The number of benzene rings is 2. The van der Waals surface area contributed by atoms with Crippen molar-refractivity contribution in [1.82, 2.24) is 0 Å². The van der Waals surface area contributed by atoms with Crippen molar-refractivity contribution in [1.29, 1.82) is 0 Å². The molecule has 4 heteroatoms. The molecule has 0 fully saturated rings. The molecule has 0 saturated carbocycles. The molecule has 0 amide bonds. The minimum atomic E-state index is -3.43. The Morgan fingerprint density at radius 2 is 1.47 bits per heavy atom. The van der Waals surface area contributed by atoms with Crippen LogP contribution in [0.3, 0.4) is 0 Å². The van der Waals surface area contributed by atoms with Gasteiger partial charge in [-0.15, -0.1) is 11.6 Å². The third kappa shape index (κ3) is 2.99. The van der Waals surface area contributed by atoms with Crippen LogP contribution >= 0.6 is 11.6 Å². The van der Waals surface area contributed by atoms with E-state index in [1.807, 2.05) is 6.92 Å². The molecule has 0 bridgehead atoms. The SMILES string of the molecule is CCC(Cl)c1ccc(S(=O)(=O)c2ccccc2)cc1. The van der Waals surface area contributed by atoms with Crippen molar-refractivity contribution in [2.24, 2.45) is 0 Å². The molecule has 2 aromatic rings. The van der Waals surface area contributed by atoms with Crippen LogP contribution in [0.4, 0.5) is 0 Å². The van der Waals surface area contributed by atoms with Crippen LogP contribution in [0.5, 0.6) is 0 Å². The largest absolute Gasteiger partial charge is 0.219 e. The minimum Gasteiger partial charge on any atom is -0.219 e. The molecule has 0 N–H and O–H groups in total. The fourth-order valence-corrected chi connectivity index (χ4v) is 3.25. The maximum absolute atomic E-state index is 12.4. The molecule has 100 valence electrons. The molecule has 2 aromatic carbocycles. The van der Waals surface area contributed by atoms with Crippen molar-refractivity contribution in [3.8, 4) is 0 Å². The smallest absolute Gasteiger partial charge is 0.206 e. The van der Waals surface area contributed by atoms with E-state index in [0.29, 0.717) is 9.79 Å². The minimum absolute atomic E-state index is 0.0755. The van der Waals surface area contributed by atoms with Gasteiger partial charge in [0.05, 0.1) is 15.2 Å². The highest BCUT2D eigenvalue weighted by molar-refractivity contribution is 7.91. The van der Waals surface area contributed by atoms with Gasteiger partial charge in [-0.1, -0.05) is 37.3 Å². The van der Waals surface area contributed by atoms with Gasteiger partial charge in [-0.2, -0.15) is 0 Å². The van der Waals surface area contributed by atoms with E-state index in [0.717, 1.165) is 12.0 Å². The second-order valence-electron chi connectivity index (χ2n) is 4.26. The van der Waals surface area contributed by atoms with E-state index in [4.69, 9.17) is 11.6 Å². The van der Waals surface area contributed by atoms with Crippen molar-refractivity contribution in [3.05, 3.63) is 60.2 Å². The van der Waals surface area contributed by atoms with Crippen LogP contribution in [0, 0.1) is 0 Å². The van der Waals surface area contributed by atoms with Crippen LogP contribution in [0.2, 0.25) is 0 Å². The summed E-state index contributed by atoms with van der Waals surface area (Å²) in [7, 11) is -3.43. The fraction of sp³-hybridized carbons (Fsp3) is 0.200. The molecule has 1 unspecified atom stereocenters. The number of halogens is 1. The zero-order chi connectivity index (χ0) is 13.9. The van der Waals surface area contributed by atoms with Gasteiger partial charge in [-0.25, -0.2) is 8.42 Å². The van der Waals surface area contributed by atoms with Crippen molar-refractivity contribution in [3.63, 3.8) is 0 Å². The first kappa shape index (κ1) is 14.1. The third-order valence-electron chi connectivity index (χ3n) is 2.96. The molecule has 0 radical (unpaired) electrons. The standard InChI is InChI=1S/C15H15ClO2S/c1-2-15(16)12-8-10-14(11-9-12)19(17,18)13-6-4-3-5-7-13/h3-11,15H,2H2,1H3. The topological polar surface area (TPSA) is 34.1 Å². The maximum Gasteiger partial charge on any atom is 0.206 e. The Kier molecular flexibility index (Phi) is 4.27. The summed E-state index contributed by atoms with van der Waals surface area (Å²) in [5, 5.41) is -0.0755. The first-order chi connectivity index (χ1) is 9.05. The quantitative estimate of drug-likeness (QED) is 0.792. The zero-order valence-electron chi connectivity index (χ0n) is 10.6. The van der Waals surface area contributed by atoms with Crippen LogP contribution in [-0.2, 0) is 9.84 Å². The summed E-state index contributed by atoms with van der Waals surface area (Å²) in [6, 6.07) is 15.2. The highest BCUT2D eigenvalue weighted by Crippen LogP contribution is 2.26. The number of alkyl halides is 1. The first-order valence-corrected chi connectivity index (χ1v) is 8.02.